The fourth-order valence-electron chi connectivity index (χ4n) is 2.18. The average Bonchev–Trinajstić information content (AvgIpc) is 2.29. The number of hydrogen-bond acceptors (Lipinski definition) is 3. The van der Waals surface area contributed by atoms with Crippen molar-refractivity contribution in [1.82, 2.24) is 9.44 Å². The Balaban J connectivity index is 2.78. The summed E-state index contributed by atoms with van der Waals surface area (Å²) in [5.74, 6) is 0.598. The SMILES string of the molecule is CCCNS(=O)(=O)NC1(C(N)=S)CCC(C)CC1. The largest absolute Gasteiger partial charge is 0.392 e. The van der Waals surface area contributed by atoms with Gasteiger partial charge in [0.2, 0.25) is 0 Å². The molecule has 1 aliphatic carbocycles. The highest BCUT2D eigenvalue weighted by Gasteiger charge is 2.40. The molecule has 106 valence electrons. The number of nitrogens with two attached hydrogens (primary N) is 1. The van der Waals surface area contributed by atoms with Crippen LogP contribution in [0.2, 0.25) is 0 Å². The maximum absolute atomic E-state index is 11.9. The third-order valence-corrected chi connectivity index (χ3v) is 5.11. The lowest BCUT2D eigenvalue weighted by Gasteiger charge is -2.38. The average molecular weight is 293 g/mol. The highest BCUT2D eigenvalue weighted by Crippen LogP contribution is 2.32. The molecule has 0 amide bonds. The van der Waals surface area contributed by atoms with Gasteiger partial charge in [-0.3, -0.25) is 0 Å². The lowest BCUT2D eigenvalue weighted by molar-refractivity contribution is 0.288. The van der Waals surface area contributed by atoms with Gasteiger partial charge in [-0.15, -0.1) is 0 Å². The van der Waals surface area contributed by atoms with Gasteiger partial charge in [0.1, 0.15) is 0 Å². The Morgan fingerprint density at radius 3 is 2.44 bits per heavy atom. The highest BCUT2D eigenvalue weighted by atomic mass is 32.2. The van der Waals surface area contributed by atoms with E-state index >= 15 is 0 Å². The zero-order valence-electron chi connectivity index (χ0n) is 11.0. The summed E-state index contributed by atoms with van der Waals surface area (Å²) in [6.07, 6.45) is 3.98. The van der Waals surface area contributed by atoms with Crippen molar-refractivity contribution in [3.8, 4) is 0 Å². The summed E-state index contributed by atoms with van der Waals surface area (Å²) >= 11 is 5.07. The van der Waals surface area contributed by atoms with Gasteiger partial charge in [0.25, 0.3) is 10.2 Å². The van der Waals surface area contributed by atoms with Gasteiger partial charge in [0.05, 0.1) is 10.5 Å². The van der Waals surface area contributed by atoms with Crippen molar-refractivity contribution in [1.29, 1.82) is 0 Å². The first-order valence-corrected chi connectivity index (χ1v) is 8.29. The van der Waals surface area contributed by atoms with Crippen molar-refractivity contribution in [3.05, 3.63) is 0 Å². The second kappa shape index (κ2) is 6.27. The summed E-state index contributed by atoms with van der Waals surface area (Å²) in [4.78, 5) is 0.247. The van der Waals surface area contributed by atoms with E-state index in [1.54, 1.807) is 0 Å². The summed E-state index contributed by atoms with van der Waals surface area (Å²) in [6.45, 7) is 4.49. The van der Waals surface area contributed by atoms with Gasteiger partial charge >= 0.3 is 0 Å². The monoisotopic (exact) mass is 293 g/mol. The maximum atomic E-state index is 11.9. The fourth-order valence-corrected chi connectivity index (χ4v) is 3.88. The molecule has 0 aromatic carbocycles. The van der Waals surface area contributed by atoms with Crippen LogP contribution in [0.5, 0.6) is 0 Å². The van der Waals surface area contributed by atoms with Crippen molar-refractivity contribution in [2.75, 3.05) is 6.54 Å². The van der Waals surface area contributed by atoms with Crippen LogP contribution in [-0.2, 0) is 10.2 Å². The lowest BCUT2D eigenvalue weighted by Crippen LogP contribution is -2.60. The van der Waals surface area contributed by atoms with Crippen LogP contribution in [0.25, 0.3) is 0 Å². The summed E-state index contributed by atoms with van der Waals surface area (Å²) in [7, 11) is -3.53. The Hall–Kier alpha value is -0.240. The molecule has 0 bridgehead atoms. The molecule has 1 fully saturated rings. The molecule has 4 N–H and O–H groups in total. The Morgan fingerprint density at radius 1 is 1.44 bits per heavy atom. The smallest absolute Gasteiger partial charge is 0.277 e. The second-order valence-electron chi connectivity index (χ2n) is 5.13. The molecule has 18 heavy (non-hydrogen) atoms. The van der Waals surface area contributed by atoms with Crippen LogP contribution in [0, 0.1) is 5.92 Å². The Labute approximate surface area is 115 Å². The van der Waals surface area contributed by atoms with E-state index in [9.17, 15) is 8.42 Å². The minimum atomic E-state index is -3.53. The van der Waals surface area contributed by atoms with Crippen LogP contribution in [0.15, 0.2) is 0 Å². The lowest BCUT2D eigenvalue weighted by atomic mass is 9.78. The fraction of sp³-hybridized carbons (Fsp3) is 0.909. The predicted molar refractivity (Wildman–Crippen MR) is 77.5 cm³/mol. The van der Waals surface area contributed by atoms with Gasteiger partial charge in [-0.05, 0) is 38.0 Å². The van der Waals surface area contributed by atoms with Gasteiger partial charge in [-0.2, -0.15) is 13.1 Å². The molecule has 0 unspecified atom stereocenters. The third kappa shape index (κ3) is 4.15. The van der Waals surface area contributed by atoms with Gasteiger partial charge in [-0.1, -0.05) is 26.1 Å². The molecule has 0 aliphatic heterocycles. The van der Waals surface area contributed by atoms with Gasteiger partial charge in [0, 0.05) is 6.54 Å². The first-order chi connectivity index (χ1) is 8.31. The summed E-state index contributed by atoms with van der Waals surface area (Å²) < 4.78 is 29.0. The van der Waals surface area contributed by atoms with Crippen molar-refractivity contribution in [2.24, 2.45) is 11.7 Å². The molecule has 0 aromatic heterocycles. The minimum absolute atomic E-state index is 0.247. The molecule has 0 spiro atoms. The molecule has 0 aromatic rings. The molecule has 0 heterocycles. The quantitative estimate of drug-likeness (QED) is 0.639. The highest BCUT2D eigenvalue weighted by molar-refractivity contribution is 7.87. The minimum Gasteiger partial charge on any atom is -0.392 e. The predicted octanol–water partition coefficient (Wildman–Crippen LogP) is 1.06. The molecule has 1 aliphatic rings. The number of thiocarbonyl (C=S) groups is 1. The van der Waals surface area contributed by atoms with E-state index < -0.39 is 15.7 Å². The van der Waals surface area contributed by atoms with E-state index in [-0.39, 0.29) is 4.99 Å². The van der Waals surface area contributed by atoms with Gasteiger partial charge in [0.15, 0.2) is 0 Å². The second-order valence-corrected chi connectivity index (χ2v) is 7.07. The number of nitrogens with one attached hydrogen (secondary N) is 2. The summed E-state index contributed by atoms with van der Waals surface area (Å²) in [6, 6.07) is 0. The van der Waals surface area contributed by atoms with Gasteiger partial charge in [-0.25, -0.2) is 4.72 Å². The summed E-state index contributed by atoms with van der Waals surface area (Å²) in [5.41, 5.74) is 5.01. The molecule has 5 nitrogen and oxygen atoms in total. The zero-order valence-corrected chi connectivity index (χ0v) is 12.7. The van der Waals surface area contributed by atoms with E-state index in [1.807, 2.05) is 6.92 Å². The first kappa shape index (κ1) is 15.8. The van der Waals surface area contributed by atoms with Crippen molar-refractivity contribution in [2.45, 2.75) is 51.5 Å². The van der Waals surface area contributed by atoms with Crippen LogP contribution in [0.1, 0.15) is 46.0 Å². The van der Waals surface area contributed by atoms with Crippen LogP contribution >= 0.6 is 12.2 Å². The van der Waals surface area contributed by atoms with E-state index in [1.165, 1.54) is 0 Å². The molecular weight excluding hydrogens is 270 g/mol. The maximum Gasteiger partial charge on any atom is 0.277 e. The van der Waals surface area contributed by atoms with Gasteiger partial charge < -0.3 is 5.73 Å². The third-order valence-electron chi connectivity index (χ3n) is 3.47. The molecule has 0 radical (unpaired) electrons. The van der Waals surface area contributed by atoms with Crippen molar-refractivity contribution >= 4 is 27.4 Å². The van der Waals surface area contributed by atoms with E-state index in [0.717, 1.165) is 19.3 Å². The molecule has 7 heteroatoms. The first-order valence-electron chi connectivity index (χ1n) is 6.40. The molecule has 1 rings (SSSR count). The van der Waals surface area contributed by atoms with E-state index in [0.29, 0.717) is 25.3 Å². The Morgan fingerprint density at radius 2 is 2.00 bits per heavy atom. The van der Waals surface area contributed by atoms with Crippen LogP contribution in [-0.4, -0.2) is 25.5 Å². The molecule has 0 saturated heterocycles. The van der Waals surface area contributed by atoms with Crippen LogP contribution in [0.3, 0.4) is 0 Å². The standard InChI is InChI=1S/C11H23N3O2S2/c1-3-8-13-18(15,16)14-11(10(12)17)6-4-9(2)5-7-11/h9,13-14H,3-8H2,1-2H3,(H2,12,17). The molecule has 0 atom stereocenters. The normalized spacial score (nSPS) is 29.1. The zero-order chi connectivity index (χ0) is 13.8. The van der Waals surface area contributed by atoms with E-state index in [4.69, 9.17) is 18.0 Å². The molecule has 1 saturated carbocycles. The number of hydrogen-bond donors (Lipinski definition) is 3. The topological polar surface area (TPSA) is 84.2 Å². The Kier molecular flexibility index (Phi) is 5.51. The van der Waals surface area contributed by atoms with Crippen molar-refractivity contribution < 1.29 is 8.42 Å². The van der Waals surface area contributed by atoms with Crippen LogP contribution in [0.4, 0.5) is 0 Å². The summed E-state index contributed by atoms with van der Waals surface area (Å²) in [5, 5.41) is 0. The van der Waals surface area contributed by atoms with Crippen LogP contribution < -0.4 is 15.2 Å². The Bertz CT molecular complexity index is 387. The van der Waals surface area contributed by atoms with E-state index in [2.05, 4.69) is 16.4 Å². The number of rotatable bonds is 6. The van der Waals surface area contributed by atoms with Crippen molar-refractivity contribution in [3.63, 3.8) is 0 Å². The molecular formula is C11H23N3O2S2.